The topological polar surface area (TPSA) is 91.7 Å². The molecule has 7 heavy (non-hydrogen) atoms. The fraction of sp³-hybridized carbons (Fsp3) is 0. The first-order chi connectivity index (χ1) is 3.15. The van der Waals surface area contributed by atoms with E-state index in [-0.39, 0.29) is 0 Å². The Hall–Kier alpha value is 0.0648. The van der Waals surface area contributed by atoms with Crippen LogP contribution in [0.5, 0.6) is 0 Å². The third kappa shape index (κ3) is 23900. The van der Waals surface area contributed by atoms with Gasteiger partial charge in [-0.3, -0.25) is 0 Å². The molecule has 0 aliphatic rings. The summed E-state index contributed by atoms with van der Waals surface area (Å²) in [5.41, 5.74) is 0. The van der Waals surface area contributed by atoms with Gasteiger partial charge < -0.3 is 10.2 Å². The summed E-state index contributed by atoms with van der Waals surface area (Å²) in [5, 5.41) is 13.9. The van der Waals surface area contributed by atoms with Crippen LogP contribution in [0, 0.1) is 32.0 Å². The molecule has 0 spiro atoms. The molecule has 0 heterocycles. The molecular formula is CH2LaO5. The average Bonchev–Trinajstić information content (AvgIpc) is 1.33. The Morgan fingerprint density at radius 2 is 1.29 bits per heavy atom. The van der Waals surface area contributed by atoms with Gasteiger partial charge in [0.2, 0.25) is 0 Å². The summed E-state index contributed by atoms with van der Waals surface area (Å²) in [6.07, 6.45) is -1.83. The van der Waals surface area contributed by atoms with E-state index >= 15 is 0 Å². The minimum atomic E-state index is -2.50. The van der Waals surface area contributed by atoms with Crippen molar-refractivity contribution >= 4 is 6.16 Å². The summed E-state index contributed by atoms with van der Waals surface area (Å²) in [6, 6.07) is 0. The van der Waals surface area contributed by atoms with E-state index in [0.717, 1.165) is 0 Å². The second-order valence-corrected chi connectivity index (χ2v) is 0.983. The quantitative estimate of drug-likeness (QED) is 0.613. The molecule has 0 radical (unpaired) electrons. The van der Waals surface area contributed by atoms with Crippen LogP contribution in [0.1, 0.15) is 0 Å². The van der Waals surface area contributed by atoms with Gasteiger partial charge >= 0.3 is 41.6 Å². The van der Waals surface area contributed by atoms with Gasteiger partial charge in [-0.15, -0.1) is 0 Å². The van der Waals surface area contributed by atoms with Crippen LogP contribution in [0.25, 0.3) is 0 Å². The van der Waals surface area contributed by atoms with Gasteiger partial charge in [0.1, 0.15) is 0 Å². The molecule has 0 saturated heterocycles. The third-order valence-electron chi connectivity index (χ3n) is 0. The Balaban J connectivity index is 0. The van der Waals surface area contributed by atoms with Crippen LogP contribution < -0.4 is 0 Å². The van der Waals surface area contributed by atoms with Gasteiger partial charge in [0.05, 0.1) is 0 Å². The normalized spacial score (nSPS) is 4.57. The van der Waals surface area contributed by atoms with Crippen LogP contribution in [0.15, 0.2) is 0 Å². The van der Waals surface area contributed by atoms with E-state index in [2.05, 4.69) is 0 Å². The molecule has 0 bridgehead atoms. The predicted octanol–water partition coefficient (Wildman–Crippen LogP) is -0.0152. The molecule has 2 N–H and O–H groups in total. The molecule has 0 unspecified atom stereocenters. The Labute approximate surface area is 56.4 Å². The van der Waals surface area contributed by atoms with Gasteiger partial charge in [0.25, 0.3) is 0 Å². The number of carboxylic acid groups (broad SMARTS) is 2. The maximum absolute atomic E-state index is 8.58. The van der Waals surface area contributed by atoms with Crippen LogP contribution in [0.2, 0.25) is 0 Å². The van der Waals surface area contributed by atoms with Crippen LogP contribution >= 0.6 is 0 Å². The SMILES string of the molecule is O=C(O)O.[O]=[La]=[O]. The molecule has 0 aromatic heterocycles. The average molecular weight is 233 g/mol. The maximum atomic E-state index is 8.58. The first kappa shape index (κ1) is 10.1. The molecule has 0 aromatic rings. The molecule has 5 nitrogen and oxygen atoms in total. The fourth-order valence-electron chi connectivity index (χ4n) is 0. The second-order valence-electron chi connectivity index (χ2n) is 0.379. The number of carbonyl (C=O) groups is 1. The number of hydrogen-bond donors (Lipinski definition) is 2. The molecule has 0 rings (SSSR count). The van der Waals surface area contributed by atoms with Gasteiger partial charge in [-0.2, -0.15) is 0 Å². The molecule has 0 aliphatic carbocycles. The Kier molecular flexibility index (Phi) is 13.6. The molecule has 0 aromatic carbocycles. The molecule has 39 valence electrons. The van der Waals surface area contributed by atoms with Gasteiger partial charge in [-0.1, -0.05) is 0 Å². The second kappa shape index (κ2) is 9.42. The van der Waals surface area contributed by atoms with Crippen molar-refractivity contribution in [1.29, 1.82) is 0 Å². The monoisotopic (exact) mass is 233 g/mol. The summed E-state index contributed by atoms with van der Waals surface area (Å²) in [4.78, 5) is 8.56. The molecule has 6 heteroatoms. The number of hydrogen-bond acceptors (Lipinski definition) is 3. The Morgan fingerprint density at radius 3 is 1.29 bits per heavy atom. The van der Waals surface area contributed by atoms with Gasteiger partial charge in [0.15, 0.2) is 0 Å². The van der Waals surface area contributed by atoms with Crippen LogP contribution in [0.3, 0.4) is 0 Å². The van der Waals surface area contributed by atoms with Crippen molar-refractivity contribution in [3.63, 3.8) is 0 Å². The van der Waals surface area contributed by atoms with E-state index in [9.17, 15) is 0 Å². The Morgan fingerprint density at radius 1 is 1.29 bits per heavy atom. The fourth-order valence-corrected chi connectivity index (χ4v) is 0. The van der Waals surface area contributed by atoms with Gasteiger partial charge in [-0.05, 0) is 0 Å². The van der Waals surface area contributed by atoms with E-state index in [1.807, 2.05) is 0 Å². The summed E-state index contributed by atoms with van der Waals surface area (Å²) >= 11 is -2.50. The first-order valence-electron chi connectivity index (χ1n) is 1.12. The Bertz CT molecular complexity index is 76.1. The molecular weight excluding hydrogens is 231 g/mol. The number of rotatable bonds is 0. The van der Waals surface area contributed by atoms with Gasteiger partial charge in [-0.25, -0.2) is 4.79 Å². The molecule has 0 saturated carbocycles. The summed E-state index contributed by atoms with van der Waals surface area (Å²) < 4.78 is 17.2. The van der Waals surface area contributed by atoms with Crippen molar-refractivity contribution in [3.05, 3.63) is 0 Å². The van der Waals surface area contributed by atoms with Crippen LogP contribution in [-0.4, -0.2) is 16.4 Å². The van der Waals surface area contributed by atoms with Crippen molar-refractivity contribution in [2.24, 2.45) is 0 Å². The zero-order chi connectivity index (χ0) is 6.28. The van der Waals surface area contributed by atoms with E-state index < -0.39 is 38.2 Å². The van der Waals surface area contributed by atoms with Crippen LogP contribution in [0.4, 0.5) is 4.79 Å². The third-order valence-corrected chi connectivity index (χ3v) is 0. The van der Waals surface area contributed by atoms with E-state index in [0.29, 0.717) is 0 Å². The standard InChI is InChI=1S/CH2O3.La.2O/c2-1(3)4;;;/h(H2,2,3,4);;;. The van der Waals surface area contributed by atoms with Crippen molar-refractivity contribution in [1.82, 2.24) is 0 Å². The zero-order valence-electron chi connectivity index (χ0n) is 3.20. The molecule has 0 aliphatic heterocycles. The van der Waals surface area contributed by atoms with Crippen molar-refractivity contribution in [3.8, 4) is 0 Å². The molecule has 0 fully saturated rings. The van der Waals surface area contributed by atoms with E-state index in [1.165, 1.54) is 0 Å². The van der Waals surface area contributed by atoms with E-state index in [1.54, 1.807) is 0 Å². The first-order valence-corrected chi connectivity index (χ1v) is 4.08. The molecule has 0 atom stereocenters. The predicted molar refractivity (Wildman–Crippen MR) is 12.0 cm³/mol. The van der Waals surface area contributed by atoms with Crippen molar-refractivity contribution in [2.75, 3.05) is 0 Å². The minimum absolute atomic E-state index is 1.83. The van der Waals surface area contributed by atoms with E-state index in [4.69, 9.17) is 18.4 Å². The summed E-state index contributed by atoms with van der Waals surface area (Å²) in [6.45, 7) is 0. The van der Waals surface area contributed by atoms with Crippen molar-refractivity contribution < 1.29 is 50.4 Å². The summed E-state index contributed by atoms with van der Waals surface area (Å²) in [7, 11) is 0. The van der Waals surface area contributed by atoms with Crippen LogP contribution in [-0.2, 0) is 3.39 Å². The summed E-state index contributed by atoms with van der Waals surface area (Å²) in [5.74, 6) is 0. The van der Waals surface area contributed by atoms with Gasteiger partial charge in [0, 0.05) is 0 Å². The zero-order valence-corrected chi connectivity index (χ0v) is 6.82. The van der Waals surface area contributed by atoms with Crippen molar-refractivity contribution in [2.45, 2.75) is 0 Å². The molecule has 0 amide bonds.